The summed E-state index contributed by atoms with van der Waals surface area (Å²) < 4.78 is 4.77. The lowest BCUT2D eigenvalue weighted by atomic mass is 10.0. The molecule has 0 bridgehead atoms. The molecule has 0 spiro atoms. The molecular weight excluding hydrogens is 280 g/mol. The number of hydrogen-bond acceptors (Lipinski definition) is 4. The monoisotopic (exact) mass is 298 g/mol. The van der Waals surface area contributed by atoms with Crippen molar-refractivity contribution in [2.75, 3.05) is 19.4 Å². The zero-order valence-corrected chi connectivity index (χ0v) is 12.2. The summed E-state index contributed by atoms with van der Waals surface area (Å²) in [7, 11) is 1.35. The van der Waals surface area contributed by atoms with E-state index in [0.29, 0.717) is 24.2 Å². The predicted molar refractivity (Wildman–Crippen MR) is 78.8 cm³/mol. The molecule has 0 saturated carbocycles. The van der Waals surface area contributed by atoms with Crippen molar-refractivity contribution in [3.63, 3.8) is 0 Å². The lowest BCUT2D eigenvalue weighted by Gasteiger charge is -2.33. The van der Waals surface area contributed by atoms with Crippen LogP contribution in [0.3, 0.4) is 0 Å². The number of hydrogen-bond donors (Lipinski definition) is 1. The molecule has 1 aliphatic rings. The second-order valence-electron chi connectivity index (χ2n) is 4.66. The van der Waals surface area contributed by atoms with Gasteiger partial charge in [0.25, 0.3) is 5.91 Å². The molecule has 1 amide bonds. The van der Waals surface area contributed by atoms with Crippen LogP contribution in [0.15, 0.2) is 24.3 Å². The number of carbonyl (C=O) groups excluding carboxylic acids is 2. The van der Waals surface area contributed by atoms with Gasteiger partial charge in [-0.2, -0.15) is 0 Å². The van der Waals surface area contributed by atoms with Gasteiger partial charge >= 0.3 is 5.97 Å². The highest BCUT2D eigenvalue weighted by Gasteiger charge is 2.33. The van der Waals surface area contributed by atoms with Gasteiger partial charge in [-0.3, -0.25) is 4.79 Å². The molecule has 6 heteroatoms. The number of nitrogens with zero attached hydrogens (tertiary/aromatic N) is 1. The van der Waals surface area contributed by atoms with Crippen molar-refractivity contribution in [2.45, 2.75) is 25.3 Å². The topological polar surface area (TPSA) is 72.6 Å². The maximum absolute atomic E-state index is 12.4. The molecule has 0 aromatic heterocycles. The maximum atomic E-state index is 12.4. The Morgan fingerprint density at radius 2 is 1.90 bits per heavy atom. The molecule has 2 rings (SSSR count). The van der Waals surface area contributed by atoms with E-state index in [4.69, 9.17) is 10.5 Å². The van der Waals surface area contributed by atoms with Crippen molar-refractivity contribution >= 4 is 30.0 Å². The molecule has 110 valence electrons. The number of benzene rings is 1. The van der Waals surface area contributed by atoms with Gasteiger partial charge in [-0.15, -0.1) is 12.4 Å². The van der Waals surface area contributed by atoms with Crippen LogP contribution in [0, 0.1) is 0 Å². The van der Waals surface area contributed by atoms with E-state index in [9.17, 15) is 9.59 Å². The minimum absolute atomic E-state index is 0. The molecule has 1 saturated heterocycles. The van der Waals surface area contributed by atoms with Crippen molar-refractivity contribution in [2.24, 2.45) is 0 Å². The average Bonchev–Trinajstić information content (AvgIpc) is 2.46. The Labute approximate surface area is 124 Å². The van der Waals surface area contributed by atoms with Gasteiger partial charge in [0, 0.05) is 17.8 Å². The third-order valence-electron chi connectivity index (χ3n) is 3.39. The molecule has 0 aliphatic carbocycles. The Morgan fingerprint density at radius 3 is 2.50 bits per heavy atom. The molecular formula is C14H19ClN2O3. The molecule has 5 nitrogen and oxygen atoms in total. The number of ether oxygens (including phenoxy) is 1. The van der Waals surface area contributed by atoms with Gasteiger partial charge in [0.1, 0.15) is 6.04 Å². The largest absolute Gasteiger partial charge is 0.467 e. The normalized spacial score (nSPS) is 18.1. The first kappa shape index (κ1) is 16.3. The number of anilines is 1. The summed E-state index contributed by atoms with van der Waals surface area (Å²) in [6.07, 6.45) is 2.51. The summed E-state index contributed by atoms with van der Waals surface area (Å²) in [5.74, 6) is -0.487. The number of carbonyl (C=O) groups is 2. The first-order valence-electron chi connectivity index (χ1n) is 6.38. The van der Waals surface area contributed by atoms with Gasteiger partial charge in [0.2, 0.25) is 0 Å². The molecule has 1 fully saturated rings. The fourth-order valence-electron chi connectivity index (χ4n) is 2.35. The van der Waals surface area contributed by atoms with Gasteiger partial charge in [-0.25, -0.2) is 4.79 Å². The van der Waals surface area contributed by atoms with E-state index < -0.39 is 6.04 Å². The molecule has 20 heavy (non-hydrogen) atoms. The van der Waals surface area contributed by atoms with Crippen molar-refractivity contribution in [1.82, 2.24) is 4.90 Å². The van der Waals surface area contributed by atoms with Crippen LogP contribution >= 0.6 is 12.4 Å². The average molecular weight is 299 g/mol. The van der Waals surface area contributed by atoms with E-state index >= 15 is 0 Å². The Bertz CT molecular complexity index is 476. The van der Waals surface area contributed by atoms with Gasteiger partial charge < -0.3 is 15.4 Å². The Balaban J connectivity index is 0.00000200. The predicted octanol–water partition coefficient (Wildman–Crippen LogP) is 1.86. The number of esters is 1. The number of nitrogens with two attached hydrogens (primary N) is 1. The smallest absolute Gasteiger partial charge is 0.328 e. The zero-order valence-electron chi connectivity index (χ0n) is 11.4. The maximum Gasteiger partial charge on any atom is 0.328 e. The van der Waals surface area contributed by atoms with Crippen LogP contribution in [0.2, 0.25) is 0 Å². The van der Waals surface area contributed by atoms with Gasteiger partial charge in [0.05, 0.1) is 7.11 Å². The SMILES string of the molecule is COC(=O)C1CCCCN1C(=O)c1ccc(N)cc1.Cl. The number of halogens is 1. The first-order valence-corrected chi connectivity index (χ1v) is 6.38. The molecule has 1 aromatic rings. The number of rotatable bonds is 2. The van der Waals surface area contributed by atoms with E-state index in [2.05, 4.69) is 0 Å². The van der Waals surface area contributed by atoms with E-state index in [1.165, 1.54) is 7.11 Å². The Kier molecular flexibility index (Phi) is 5.82. The number of likely N-dealkylation sites (tertiary alicyclic amines) is 1. The summed E-state index contributed by atoms with van der Waals surface area (Å²) in [5.41, 5.74) is 6.76. The van der Waals surface area contributed by atoms with E-state index in [0.717, 1.165) is 12.8 Å². The van der Waals surface area contributed by atoms with Crippen LogP contribution in [0.4, 0.5) is 5.69 Å². The van der Waals surface area contributed by atoms with Gasteiger partial charge in [-0.1, -0.05) is 0 Å². The second kappa shape index (κ2) is 7.14. The standard InChI is InChI=1S/C14H18N2O3.ClH/c1-19-14(18)12-4-2-3-9-16(12)13(17)10-5-7-11(15)8-6-10;/h5-8,12H,2-4,9,15H2,1H3;1H. The van der Waals surface area contributed by atoms with Crippen LogP contribution < -0.4 is 5.73 Å². The quantitative estimate of drug-likeness (QED) is 0.668. The zero-order chi connectivity index (χ0) is 13.8. The fraction of sp³-hybridized carbons (Fsp3) is 0.429. The fourth-order valence-corrected chi connectivity index (χ4v) is 2.35. The van der Waals surface area contributed by atoms with Crippen molar-refractivity contribution in [1.29, 1.82) is 0 Å². The van der Waals surface area contributed by atoms with Gasteiger partial charge in [0.15, 0.2) is 0 Å². The number of piperidine rings is 1. The number of amides is 1. The number of methoxy groups -OCH3 is 1. The van der Waals surface area contributed by atoms with E-state index in [1.54, 1.807) is 29.2 Å². The third-order valence-corrected chi connectivity index (χ3v) is 3.39. The molecule has 1 unspecified atom stereocenters. The Hall–Kier alpha value is -1.75. The van der Waals surface area contributed by atoms with Crippen LogP contribution in [-0.4, -0.2) is 36.5 Å². The highest BCUT2D eigenvalue weighted by Crippen LogP contribution is 2.21. The summed E-state index contributed by atoms with van der Waals surface area (Å²) in [6.45, 7) is 0.586. The summed E-state index contributed by atoms with van der Waals surface area (Å²) in [6, 6.07) is 6.26. The van der Waals surface area contributed by atoms with Crippen molar-refractivity contribution < 1.29 is 14.3 Å². The summed E-state index contributed by atoms with van der Waals surface area (Å²) in [5, 5.41) is 0. The third kappa shape index (κ3) is 3.42. The highest BCUT2D eigenvalue weighted by atomic mass is 35.5. The highest BCUT2D eigenvalue weighted by molar-refractivity contribution is 5.97. The van der Waals surface area contributed by atoms with Crippen LogP contribution in [-0.2, 0) is 9.53 Å². The van der Waals surface area contributed by atoms with Crippen LogP contribution in [0.25, 0.3) is 0 Å². The molecule has 2 N–H and O–H groups in total. The number of nitrogen functional groups attached to an aromatic ring is 1. The summed E-state index contributed by atoms with van der Waals surface area (Å²) in [4.78, 5) is 25.7. The molecule has 1 aliphatic heterocycles. The molecule has 1 atom stereocenters. The lowest BCUT2D eigenvalue weighted by Crippen LogP contribution is -2.48. The minimum atomic E-state index is -0.469. The van der Waals surface area contributed by atoms with E-state index in [1.807, 2.05) is 0 Å². The molecule has 0 radical (unpaired) electrons. The first-order chi connectivity index (χ1) is 9.13. The molecule has 1 aromatic carbocycles. The van der Waals surface area contributed by atoms with E-state index in [-0.39, 0.29) is 24.3 Å². The summed E-state index contributed by atoms with van der Waals surface area (Å²) >= 11 is 0. The Morgan fingerprint density at radius 1 is 1.25 bits per heavy atom. The minimum Gasteiger partial charge on any atom is -0.467 e. The van der Waals surface area contributed by atoms with Gasteiger partial charge in [-0.05, 0) is 43.5 Å². The van der Waals surface area contributed by atoms with Crippen molar-refractivity contribution in [3.05, 3.63) is 29.8 Å². The van der Waals surface area contributed by atoms with Crippen molar-refractivity contribution in [3.8, 4) is 0 Å². The van der Waals surface area contributed by atoms with Crippen LogP contribution in [0.1, 0.15) is 29.6 Å². The molecule has 1 heterocycles. The lowest BCUT2D eigenvalue weighted by molar-refractivity contribution is -0.147. The second-order valence-corrected chi connectivity index (χ2v) is 4.66. The van der Waals surface area contributed by atoms with Crippen LogP contribution in [0.5, 0.6) is 0 Å².